The van der Waals surface area contributed by atoms with Crippen molar-refractivity contribution < 1.29 is 14.7 Å². The molecule has 0 saturated heterocycles. The molecule has 25 heavy (non-hydrogen) atoms. The number of rotatable bonds is 11. The topological polar surface area (TPSA) is 54.4 Å². The van der Waals surface area contributed by atoms with E-state index in [1.807, 2.05) is 24.3 Å². The number of hydrogen-bond donors (Lipinski definition) is 1. The third kappa shape index (κ3) is 5.88. The second-order valence-electron chi connectivity index (χ2n) is 6.97. The van der Waals surface area contributed by atoms with Crippen LogP contribution in [0.2, 0.25) is 0 Å². The van der Waals surface area contributed by atoms with E-state index in [0.29, 0.717) is 5.56 Å². The predicted octanol–water partition coefficient (Wildman–Crippen LogP) is 6.03. The van der Waals surface area contributed by atoms with Gasteiger partial charge in [-0.2, -0.15) is 0 Å². The minimum Gasteiger partial charge on any atom is -0.480 e. The Morgan fingerprint density at radius 3 is 2.24 bits per heavy atom. The molecule has 0 aromatic heterocycles. The molecule has 1 aliphatic heterocycles. The van der Waals surface area contributed by atoms with E-state index in [-0.39, 0.29) is 11.0 Å². The van der Waals surface area contributed by atoms with Crippen LogP contribution in [0.15, 0.2) is 24.3 Å². The molecule has 0 radical (unpaired) electrons. The van der Waals surface area contributed by atoms with Crippen molar-refractivity contribution in [3.63, 3.8) is 0 Å². The van der Waals surface area contributed by atoms with Crippen LogP contribution in [-0.2, 0) is 4.79 Å². The molecule has 0 aliphatic carbocycles. The summed E-state index contributed by atoms with van der Waals surface area (Å²) in [5.41, 5.74) is 1.63. The number of fused-ring (bicyclic) bond motifs is 1. The van der Waals surface area contributed by atoms with E-state index < -0.39 is 11.2 Å². The highest BCUT2D eigenvalue weighted by atomic mass is 32.2. The Labute approximate surface area is 155 Å². The van der Waals surface area contributed by atoms with Crippen molar-refractivity contribution in [2.24, 2.45) is 0 Å². The summed E-state index contributed by atoms with van der Waals surface area (Å²) in [4.78, 5) is 23.8. The zero-order valence-electron chi connectivity index (χ0n) is 15.2. The lowest BCUT2D eigenvalue weighted by Crippen LogP contribution is -2.31. The average molecular weight is 363 g/mol. The molecule has 0 bridgehead atoms. The van der Waals surface area contributed by atoms with E-state index in [0.717, 1.165) is 36.6 Å². The normalized spacial score (nSPS) is 19.6. The van der Waals surface area contributed by atoms with Crippen LogP contribution in [0, 0.1) is 0 Å². The standard InChI is InChI=1S/C21H30O3S/c1-2-3-4-5-6-7-8-9-10-14-17-16-13-11-12-15-18(16)21(24)25-19(17)20(22)23/h11-13,15,17,19H,2-10,14H2,1H3,(H,22,23). The highest BCUT2D eigenvalue weighted by Crippen LogP contribution is 2.42. The molecule has 0 saturated carbocycles. The van der Waals surface area contributed by atoms with E-state index >= 15 is 0 Å². The Morgan fingerprint density at radius 2 is 1.60 bits per heavy atom. The van der Waals surface area contributed by atoms with Crippen molar-refractivity contribution in [2.45, 2.75) is 82.3 Å². The van der Waals surface area contributed by atoms with Crippen molar-refractivity contribution in [3.05, 3.63) is 35.4 Å². The molecule has 2 atom stereocenters. The lowest BCUT2D eigenvalue weighted by atomic mass is 9.86. The molecule has 138 valence electrons. The average Bonchev–Trinajstić information content (AvgIpc) is 2.61. The van der Waals surface area contributed by atoms with Gasteiger partial charge in [0.1, 0.15) is 5.25 Å². The van der Waals surface area contributed by atoms with Gasteiger partial charge in [0.05, 0.1) is 0 Å². The Balaban J connectivity index is 1.81. The van der Waals surface area contributed by atoms with Crippen molar-refractivity contribution in [3.8, 4) is 0 Å². The fourth-order valence-electron chi connectivity index (χ4n) is 3.63. The maximum atomic E-state index is 12.2. The number of carboxylic acids is 1. The van der Waals surface area contributed by atoms with Crippen LogP contribution in [0.5, 0.6) is 0 Å². The molecule has 0 amide bonds. The summed E-state index contributed by atoms with van der Waals surface area (Å²) in [7, 11) is 0. The molecule has 1 aromatic carbocycles. The number of hydrogen-bond acceptors (Lipinski definition) is 3. The lowest BCUT2D eigenvalue weighted by Gasteiger charge is -2.29. The Bertz CT molecular complexity index is 570. The van der Waals surface area contributed by atoms with Gasteiger partial charge in [0.25, 0.3) is 0 Å². The van der Waals surface area contributed by atoms with Gasteiger partial charge in [-0.1, -0.05) is 101 Å². The van der Waals surface area contributed by atoms with Gasteiger partial charge in [-0.3, -0.25) is 9.59 Å². The first-order valence-electron chi connectivity index (χ1n) is 9.68. The summed E-state index contributed by atoms with van der Waals surface area (Å²) in [6.45, 7) is 2.24. The summed E-state index contributed by atoms with van der Waals surface area (Å²) in [6, 6.07) is 7.52. The summed E-state index contributed by atoms with van der Waals surface area (Å²) < 4.78 is 0. The van der Waals surface area contributed by atoms with Gasteiger partial charge in [0.15, 0.2) is 0 Å². The number of unbranched alkanes of at least 4 members (excludes halogenated alkanes) is 8. The van der Waals surface area contributed by atoms with E-state index in [1.54, 1.807) is 0 Å². The van der Waals surface area contributed by atoms with Gasteiger partial charge in [-0.05, 0) is 12.0 Å². The Hall–Kier alpha value is -1.29. The van der Waals surface area contributed by atoms with Gasteiger partial charge in [0, 0.05) is 11.5 Å². The molecule has 3 nitrogen and oxygen atoms in total. The van der Waals surface area contributed by atoms with E-state index in [9.17, 15) is 14.7 Å². The number of carbonyl (C=O) groups excluding carboxylic acids is 1. The highest BCUT2D eigenvalue weighted by Gasteiger charge is 2.38. The van der Waals surface area contributed by atoms with E-state index in [1.165, 1.54) is 44.9 Å². The van der Waals surface area contributed by atoms with Crippen molar-refractivity contribution in [1.29, 1.82) is 0 Å². The first-order valence-corrected chi connectivity index (χ1v) is 10.6. The highest BCUT2D eigenvalue weighted by molar-refractivity contribution is 8.15. The van der Waals surface area contributed by atoms with Crippen LogP contribution in [0.25, 0.3) is 0 Å². The first kappa shape index (κ1) is 20.0. The third-order valence-electron chi connectivity index (χ3n) is 5.04. The molecule has 1 aromatic rings. The van der Waals surface area contributed by atoms with Gasteiger partial charge in [-0.25, -0.2) is 0 Å². The molecule has 1 heterocycles. The molecule has 4 heteroatoms. The van der Waals surface area contributed by atoms with Crippen LogP contribution >= 0.6 is 11.8 Å². The summed E-state index contributed by atoms with van der Waals surface area (Å²) in [6.07, 6.45) is 12.2. The monoisotopic (exact) mass is 362 g/mol. The van der Waals surface area contributed by atoms with E-state index in [2.05, 4.69) is 6.92 Å². The molecule has 2 unspecified atom stereocenters. The fourth-order valence-corrected chi connectivity index (χ4v) is 4.73. The van der Waals surface area contributed by atoms with Crippen LogP contribution in [-0.4, -0.2) is 21.4 Å². The fraction of sp³-hybridized carbons (Fsp3) is 0.619. The SMILES string of the molecule is CCCCCCCCCCCC1c2ccccc2C(=O)SC1C(=O)O. The van der Waals surface area contributed by atoms with Gasteiger partial charge < -0.3 is 5.11 Å². The number of aliphatic carboxylic acids is 1. The molecule has 0 fully saturated rings. The quantitative estimate of drug-likeness (QED) is 0.488. The lowest BCUT2D eigenvalue weighted by molar-refractivity contribution is -0.136. The predicted molar refractivity (Wildman–Crippen MR) is 104 cm³/mol. The van der Waals surface area contributed by atoms with Crippen LogP contribution < -0.4 is 0 Å². The maximum absolute atomic E-state index is 12.2. The second-order valence-corrected chi connectivity index (χ2v) is 8.09. The molecule has 1 N–H and O–H groups in total. The molecule has 1 aliphatic rings. The molecular weight excluding hydrogens is 332 g/mol. The minimum atomic E-state index is -0.867. The number of benzene rings is 1. The zero-order valence-corrected chi connectivity index (χ0v) is 16.0. The first-order chi connectivity index (χ1) is 12.1. The van der Waals surface area contributed by atoms with Crippen molar-refractivity contribution in [1.82, 2.24) is 0 Å². The third-order valence-corrected chi connectivity index (χ3v) is 6.26. The molecule has 0 spiro atoms. The largest absolute Gasteiger partial charge is 0.480 e. The number of thioether (sulfide) groups is 1. The Morgan fingerprint density at radius 1 is 1.00 bits per heavy atom. The smallest absolute Gasteiger partial charge is 0.317 e. The van der Waals surface area contributed by atoms with Gasteiger partial charge in [0.2, 0.25) is 5.12 Å². The van der Waals surface area contributed by atoms with Crippen molar-refractivity contribution in [2.75, 3.05) is 0 Å². The number of carbonyl (C=O) groups is 2. The minimum absolute atomic E-state index is 0.0547. The zero-order chi connectivity index (χ0) is 18.1. The van der Waals surface area contributed by atoms with Crippen LogP contribution in [0.3, 0.4) is 0 Å². The van der Waals surface area contributed by atoms with Crippen LogP contribution in [0.1, 0.15) is 93.0 Å². The summed E-state index contributed by atoms with van der Waals surface area (Å²) in [5, 5.41) is 8.78. The molecule has 2 rings (SSSR count). The summed E-state index contributed by atoms with van der Waals surface area (Å²) >= 11 is 0.986. The van der Waals surface area contributed by atoms with E-state index in [4.69, 9.17) is 0 Å². The Kier molecular flexibility index (Phi) is 8.53. The maximum Gasteiger partial charge on any atom is 0.317 e. The van der Waals surface area contributed by atoms with Crippen LogP contribution in [0.4, 0.5) is 0 Å². The van der Waals surface area contributed by atoms with Crippen molar-refractivity contribution >= 4 is 22.8 Å². The second kappa shape index (κ2) is 10.6. The van der Waals surface area contributed by atoms with Gasteiger partial charge in [-0.15, -0.1) is 0 Å². The van der Waals surface area contributed by atoms with Gasteiger partial charge >= 0.3 is 5.97 Å². The number of carboxylic acid groups (broad SMARTS) is 1. The summed E-state index contributed by atoms with van der Waals surface area (Å²) in [5.74, 6) is -0.922. The molecular formula is C21H30O3S.